The molecule has 0 spiro atoms. The molecule has 0 fully saturated rings. The van der Waals surface area contributed by atoms with Crippen LogP contribution in [0.1, 0.15) is 5.56 Å². The normalized spacial score (nSPS) is 10.7. The Kier molecular flexibility index (Phi) is 3.60. The summed E-state index contributed by atoms with van der Waals surface area (Å²) >= 11 is 5.99. The molecule has 0 saturated heterocycles. The highest BCUT2D eigenvalue weighted by Crippen LogP contribution is 2.31. The molecule has 0 aliphatic rings. The molecular formula is C19H12ClN5. The Morgan fingerprint density at radius 2 is 1.76 bits per heavy atom. The van der Waals surface area contributed by atoms with Crippen LogP contribution in [0.15, 0.2) is 60.7 Å². The van der Waals surface area contributed by atoms with Crippen molar-refractivity contribution >= 4 is 28.5 Å². The van der Waals surface area contributed by atoms with E-state index in [1.54, 1.807) is 22.9 Å². The second-order valence-electron chi connectivity index (χ2n) is 5.51. The monoisotopic (exact) mass is 345 g/mol. The van der Waals surface area contributed by atoms with Crippen molar-refractivity contribution < 1.29 is 0 Å². The first-order valence-electron chi connectivity index (χ1n) is 7.58. The minimum Gasteiger partial charge on any atom is -0.383 e. The fourth-order valence-electron chi connectivity index (χ4n) is 2.71. The molecule has 0 unspecified atom stereocenters. The molecule has 0 atom stereocenters. The fraction of sp³-hybridized carbons (Fsp3) is 0. The van der Waals surface area contributed by atoms with Crippen molar-refractivity contribution in [2.45, 2.75) is 0 Å². The summed E-state index contributed by atoms with van der Waals surface area (Å²) in [6.07, 6.45) is 0. The summed E-state index contributed by atoms with van der Waals surface area (Å²) in [7, 11) is 0. The number of rotatable bonds is 2. The summed E-state index contributed by atoms with van der Waals surface area (Å²) < 4.78 is 1.73. The Bertz CT molecular complexity index is 1110. The number of fused-ring (bicyclic) bond motifs is 1. The van der Waals surface area contributed by atoms with Crippen LogP contribution in [0.4, 0.5) is 5.82 Å². The molecule has 4 aromatic rings. The smallest absolute Gasteiger partial charge is 0.165 e. The molecule has 0 saturated carbocycles. The number of para-hydroxylation sites is 1. The highest BCUT2D eigenvalue weighted by Gasteiger charge is 2.17. The van der Waals surface area contributed by atoms with E-state index in [0.29, 0.717) is 16.2 Å². The van der Waals surface area contributed by atoms with Crippen molar-refractivity contribution in [2.24, 2.45) is 0 Å². The van der Waals surface area contributed by atoms with Crippen LogP contribution in [-0.4, -0.2) is 14.8 Å². The first kappa shape index (κ1) is 15.2. The van der Waals surface area contributed by atoms with Crippen molar-refractivity contribution in [3.05, 3.63) is 71.2 Å². The first-order chi connectivity index (χ1) is 12.2. The third kappa shape index (κ3) is 2.59. The quantitative estimate of drug-likeness (QED) is 0.590. The molecule has 0 bridgehead atoms. The lowest BCUT2D eigenvalue weighted by molar-refractivity contribution is 0.902. The minimum atomic E-state index is 0.190. The van der Waals surface area contributed by atoms with Crippen molar-refractivity contribution in [3.8, 4) is 23.0 Å². The molecular weight excluding hydrogens is 334 g/mol. The molecule has 6 heteroatoms. The largest absolute Gasteiger partial charge is 0.383 e. The summed E-state index contributed by atoms with van der Waals surface area (Å²) in [6.45, 7) is 0. The van der Waals surface area contributed by atoms with Gasteiger partial charge in [0.25, 0.3) is 0 Å². The van der Waals surface area contributed by atoms with Crippen molar-refractivity contribution in [3.63, 3.8) is 0 Å². The third-order valence-corrected chi connectivity index (χ3v) is 4.18. The average molecular weight is 346 g/mol. The fourth-order valence-corrected chi connectivity index (χ4v) is 2.84. The molecule has 0 amide bonds. The summed E-state index contributed by atoms with van der Waals surface area (Å²) in [6, 6.07) is 20.9. The zero-order valence-corrected chi connectivity index (χ0v) is 13.8. The summed E-state index contributed by atoms with van der Waals surface area (Å²) in [5, 5.41) is 15.4. The number of benzene rings is 2. The molecule has 0 radical (unpaired) electrons. The van der Waals surface area contributed by atoms with Crippen molar-refractivity contribution in [1.29, 1.82) is 5.26 Å². The van der Waals surface area contributed by atoms with E-state index in [1.807, 2.05) is 42.5 Å². The molecule has 2 aromatic carbocycles. The van der Waals surface area contributed by atoms with E-state index >= 15 is 0 Å². The van der Waals surface area contributed by atoms with Crippen LogP contribution < -0.4 is 5.73 Å². The number of hydrogen-bond acceptors (Lipinski definition) is 4. The van der Waals surface area contributed by atoms with Gasteiger partial charge in [0.05, 0.1) is 11.3 Å². The lowest BCUT2D eigenvalue weighted by Gasteiger charge is -2.03. The summed E-state index contributed by atoms with van der Waals surface area (Å²) in [5.74, 6) is 0.190. The molecule has 5 nitrogen and oxygen atoms in total. The van der Waals surface area contributed by atoms with Crippen LogP contribution >= 0.6 is 11.6 Å². The standard InChI is InChI=1S/C19H12ClN5/c20-14-8-6-12(7-9-14)17-16-10-13(11-21)18(22)23-19(16)25(24-17)15-4-2-1-3-5-15/h1-10H,(H2,22,23). The Morgan fingerprint density at radius 3 is 2.44 bits per heavy atom. The number of pyridine rings is 1. The van der Waals surface area contributed by atoms with Crippen LogP contribution in [0.3, 0.4) is 0 Å². The van der Waals surface area contributed by atoms with E-state index in [0.717, 1.165) is 22.3 Å². The number of aromatic nitrogens is 3. The van der Waals surface area contributed by atoms with E-state index in [9.17, 15) is 5.26 Å². The number of nitriles is 1. The number of nitrogens with two attached hydrogens (primary N) is 1. The van der Waals surface area contributed by atoms with E-state index in [2.05, 4.69) is 11.1 Å². The highest BCUT2D eigenvalue weighted by atomic mass is 35.5. The Labute approximate surface area is 148 Å². The maximum atomic E-state index is 9.28. The Balaban J connectivity index is 2.06. The number of hydrogen-bond donors (Lipinski definition) is 1. The summed E-state index contributed by atoms with van der Waals surface area (Å²) in [5.41, 5.74) is 9.33. The zero-order chi connectivity index (χ0) is 17.4. The minimum absolute atomic E-state index is 0.190. The van der Waals surface area contributed by atoms with Crippen molar-refractivity contribution in [2.75, 3.05) is 5.73 Å². The number of nitrogens with zero attached hydrogens (tertiary/aromatic N) is 4. The zero-order valence-electron chi connectivity index (χ0n) is 13.0. The molecule has 0 aliphatic heterocycles. The maximum absolute atomic E-state index is 9.28. The topological polar surface area (TPSA) is 80.5 Å². The van der Waals surface area contributed by atoms with Gasteiger partial charge in [-0.1, -0.05) is 41.9 Å². The lowest BCUT2D eigenvalue weighted by Crippen LogP contribution is -2.00. The average Bonchev–Trinajstić information content (AvgIpc) is 3.00. The van der Waals surface area contributed by atoms with Crippen LogP contribution in [0.5, 0.6) is 0 Å². The van der Waals surface area contributed by atoms with Gasteiger partial charge in [0.1, 0.15) is 17.6 Å². The van der Waals surface area contributed by atoms with Gasteiger partial charge in [-0.25, -0.2) is 9.67 Å². The molecule has 2 aromatic heterocycles. The molecule has 120 valence electrons. The van der Waals surface area contributed by atoms with Crippen LogP contribution in [0.2, 0.25) is 5.02 Å². The molecule has 2 heterocycles. The van der Waals surface area contributed by atoms with E-state index in [4.69, 9.17) is 22.4 Å². The number of nitrogen functional groups attached to an aromatic ring is 1. The first-order valence-corrected chi connectivity index (χ1v) is 7.96. The molecule has 0 aliphatic carbocycles. The van der Waals surface area contributed by atoms with Gasteiger partial charge in [0.15, 0.2) is 5.65 Å². The lowest BCUT2D eigenvalue weighted by atomic mass is 10.1. The second kappa shape index (κ2) is 5.93. The highest BCUT2D eigenvalue weighted by molar-refractivity contribution is 6.30. The van der Waals surface area contributed by atoms with Crippen molar-refractivity contribution in [1.82, 2.24) is 14.8 Å². The number of anilines is 1. The Morgan fingerprint density at radius 1 is 1.04 bits per heavy atom. The van der Waals surface area contributed by atoms with Gasteiger partial charge in [-0.2, -0.15) is 10.4 Å². The van der Waals surface area contributed by atoms with Crippen LogP contribution in [0.25, 0.3) is 28.0 Å². The number of halogens is 1. The second-order valence-corrected chi connectivity index (χ2v) is 5.94. The van der Waals surface area contributed by atoms with Gasteiger partial charge in [0, 0.05) is 16.0 Å². The molecule has 2 N–H and O–H groups in total. The van der Waals surface area contributed by atoms with E-state index in [1.165, 1.54) is 0 Å². The van der Waals surface area contributed by atoms with Gasteiger partial charge in [-0.15, -0.1) is 0 Å². The molecule has 25 heavy (non-hydrogen) atoms. The van der Waals surface area contributed by atoms with Crippen LogP contribution in [-0.2, 0) is 0 Å². The van der Waals surface area contributed by atoms with Gasteiger partial charge >= 0.3 is 0 Å². The van der Waals surface area contributed by atoms with E-state index in [-0.39, 0.29) is 5.82 Å². The predicted octanol–water partition coefficient (Wildman–Crippen LogP) is 4.19. The van der Waals surface area contributed by atoms with Gasteiger partial charge in [-0.05, 0) is 30.3 Å². The van der Waals surface area contributed by atoms with E-state index < -0.39 is 0 Å². The van der Waals surface area contributed by atoms with Gasteiger partial charge in [-0.3, -0.25) is 0 Å². The third-order valence-electron chi connectivity index (χ3n) is 3.93. The maximum Gasteiger partial charge on any atom is 0.165 e. The van der Waals surface area contributed by atoms with Gasteiger partial charge < -0.3 is 5.73 Å². The Hall–Kier alpha value is -3.36. The summed E-state index contributed by atoms with van der Waals surface area (Å²) in [4.78, 5) is 4.42. The van der Waals surface area contributed by atoms with Gasteiger partial charge in [0.2, 0.25) is 0 Å². The molecule has 4 rings (SSSR count). The predicted molar refractivity (Wildman–Crippen MR) is 98.4 cm³/mol. The SMILES string of the molecule is N#Cc1cc2c(-c3ccc(Cl)cc3)nn(-c3ccccc3)c2nc1N. The van der Waals surface area contributed by atoms with Crippen LogP contribution in [0, 0.1) is 11.3 Å².